The second-order valence-corrected chi connectivity index (χ2v) is 5.41. The first-order valence-electron chi connectivity index (χ1n) is 4.90. The fraction of sp³-hybridized carbons (Fsp3) is 0.182. The number of thiophene rings is 1. The van der Waals surface area contributed by atoms with E-state index in [9.17, 15) is 9.59 Å². The average molecular weight is 266 g/mol. The summed E-state index contributed by atoms with van der Waals surface area (Å²) < 4.78 is 0. The Kier molecular flexibility index (Phi) is 3.35. The Balaban J connectivity index is 2.11. The molecule has 4 nitrogen and oxygen atoms in total. The molecule has 2 rings (SSSR count). The Labute approximate surface area is 106 Å². The molecule has 0 atom stereocenters. The van der Waals surface area contributed by atoms with Crippen LogP contribution in [0.4, 0.5) is 5.13 Å². The molecule has 1 N–H and O–H groups in total. The SMILES string of the molecule is CC(=O)c1ccc(C(=O)Nc2nc(C)cs2)s1. The quantitative estimate of drug-likeness (QED) is 0.869. The third-order valence-electron chi connectivity index (χ3n) is 2.02. The third kappa shape index (κ3) is 2.78. The van der Waals surface area contributed by atoms with E-state index >= 15 is 0 Å². The fourth-order valence-electron chi connectivity index (χ4n) is 1.22. The maximum absolute atomic E-state index is 11.8. The monoisotopic (exact) mass is 266 g/mol. The van der Waals surface area contributed by atoms with Gasteiger partial charge in [0.2, 0.25) is 0 Å². The Morgan fingerprint density at radius 1 is 1.29 bits per heavy atom. The molecule has 0 aliphatic carbocycles. The van der Waals surface area contributed by atoms with Crippen molar-refractivity contribution in [2.45, 2.75) is 13.8 Å². The zero-order valence-corrected chi connectivity index (χ0v) is 10.9. The molecule has 2 aromatic rings. The van der Waals surface area contributed by atoms with Crippen LogP contribution in [0.15, 0.2) is 17.5 Å². The van der Waals surface area contributed by atoms with E-state index in [0.29, 0.717) is 14.9 Å². The van der Waals surface area contributed by atoms with E-state index in [1.807, 2.05) is 12.3 Å². The smallest absolute Gasteiger partial charge is 0.267 e. The summed E-state index contributed by atoms with van der Waals surface area (Å²) in [4.78, 5) is 28.2. The molecule has 0 saturated heterocycles. The van der Waals surface area contributed by atoms with Crippen molar-refractivity contribution in [2.24, 2.45) is 0 Å². The number of hydrogen-bond donors (Lipinski definition) is 1. The lowest BCUT2D eigenvalue weighted by molar-refractivity contribution is 0.101. The van der Waals surface area contributed by atoms with Crippen LogP contribution >= 0.6 is 22.7 Å². The molecule has 0 radical (unpaired) electrons. The number of anilines is 1. The molecule has 0 fully saturated rings. The van der Waals surface area contributed by atoms with Crippen LogP contribution in [-0.4, -0.2) is 16.7 Å². The van der Waals surface area contributed by atoms with Gasteiger partial charge in [0.25, 0.3) is 5.91 Å². The first-order valence-corrected chi connectivity index (χ1v) is 6.60. The van der Waals surface area contributed by atoms with E-state index < -0.39 is 0 Å². The van der Waals surface area contributed by atoms with Gasteiger partial charge in [-0.15, -0.1) is 22.7 Å². The predicted molar refractivity (Wildman–Crippen MR) is 69.1 cm³/mol. The number of ketones is 1. The van der Waals surface area contributed by atoms with Crippen LogP contribution in [0, 0.1) is 6.92 Å². The van der Waals surface area contributed by atoms with Gasteiger partial charge in [-0.2, -0.15) is 0 Å². The molecule has 2 aromatic heterocycles. The number of carbonyl (C=O) groups is 2. The second kappa shape index (κ2) is 4.77. The van der Waals surface area contributed by atoms with Crippen molar-refractivity contribution in [3.63, 3.8) is 0 Å². The minimum absolute atomic E-state index is 0.0286. The van der Waals surface area contributed by atoms with Crippen molar-refractivity contribution in [3.8, 4) is 0 Å². The molecule has 1 amide bonds. The lowest BCUT2D eigenvalue weighted by Crippen LogP contribution is -2.09. The first kappa shape index (κ1) is 11.9. The first-order chi connectivity index (χ1) is 8.06. The van der Waals surface area contributed by atoms with E-state index in [4.69, 9.17) is 0 Å². The molecule has 0 spiro atoms. The summed E-state index contributed by atoms with van der Waals surface area (Å²) in [6, 6.07) is 3.31. The summed E-state index contributed by atoms with van der Waals surface area (Å²) in [5.74, 6) is -0.254. The van der Waals surface area contributed by atoms with Gasteiger partial charge in [-0.05, 0) is 26.0 Å². The number of hydrogen-bond acceptors (Lipinski definition) is 5. The van der Waals surface area contributed by atoms with Gasteiger partial charge < -0.3 is 0 Å². The topological polar surface area (TPSA) is 59.1 Å². The van der Waals surface area contributed by atoms with Gasteiger partial charge in [-0.1, -0.05) is 0 Å². The predicted octanol–water partition coefficient (Wildman–Crippen LogP) is 2.97. The molecular weight excluding hydrogens is 256 g/mol. The van der Waals surface area contributed by atoms with Crippen molar-refractivity contribution in [2.75, 3.05) is 5.32 Å². The number of nitrogens with zero attached hydrogens (tertiary/aromatic N) is 1. The molecule has 0 aliphatic heterocycles. The number of amides is 1. The molecule has 88 valence electrons. The molecule has 0 unspecified atom stereocenters. The summed E-state index contributed by atoms with van der Waals surface area (Å²) in [6.45, 7) is 3.35. The largest absolute Gasteiger partial charge is 0.297 e. The van der Waals surface area contributed by atoms with Gasteiger partial charge in [-0.3, -0.25) is 14.9 Å². The van der Waals surface area contributed by atoms with Crippen molar-refractivity contribution in [1.82, 2.24) is 4.98 Å². The maximum Gasteiger partial charge on any atom is 0.267 e. The minimum atomic E-state index is -0.225. The number of rotatable bonds is 3. The van der Waals surface area contributed by atoms with Crippen LogP contribution in [0.1, 0.15) is 32.0 Å². The van der Waals surface area contributed by atoms with Crippen molar-refractivity contribution >= 4 is 39.5 Å². The Morgan fingerprint density at radius 2 is 2.00 bits per heavy atom. The lowest BCUT2D eigenvalue weighted by Gasteiger charge is -1.97. The van der Waals surface area contributed by atoms with E-state index in [-0.39, 0.29) is 11.7 Å². The lowest BCUT2D eigenvalue weighted by atomic mass is 10.3. The molecule has 6 heteroatoms. The van der Waals surface area contributed by atoms with Gasteiger partial charge in [0, 0.05) is 5.38 Å². The summed E-state index contributed by atoms with van der Waals surface area (Å²) in [6.07, 6.45) is 0. The highest BCUT2D eigenvalue weighted by Gasteiger charge is 2.12. The highest BCUT2D eigenvalue weighted by molar-refractivity contribution is 7.16. The summed E-state index contributed by atoms with van der Waals surface area (Å²) in [7, 11) is 0. The maximum atomic E-state index is 11.8. The van der Waals surface area contributed by atoms with Crippen molar-refractivity contribution < 1.29 is 9.59 Å². The highest BCUT2D eigenvalue weighted by atomic mass is 32.1. The standard InChI is InChI=1S/C11H10N2O2S2/c1-6-5-16-11(12-6)13-10(15)9-4-3-8(17-9)7(2)14/h3-5H,1-2H3,(H,12,13,15). The van der Waals surface area contributed by atoms with Gasteiger partial charge >= 0.3 is 0 Å². The molecule has 2 heterocycles. The molecular formula is C11H10N2O2S2. The number of Topliss-reactive ketones (excluding diaryl/α,β-unsaturated/α-hetero) is 1. The summed E-state index contributed by atoms with van der Waals surface area (Å²) in [5.41, 5.74) is 0.876. The van der Waals surface area contributed by atoms with Gasteiger partial charge in [0.15, 0.2) is 10.9 Å². The molecule has 0 bridgehead atoms. The van der Waals surface area contributed by atoms with Crippen LogP contribution in [-0.2, 0) is 0 Å². The molecule has 0 saturated carbocycles. The fourth-order valence-corrected chi connectivity index (χ4v) is 2.70. The van der Waals surface area contributed by atoms with Crippen LogP contribution in [0.3, 0.4) is 0 Å². The van der Waals surface area contributed by atoms with Gasteiger partial charge in [0.1, 0.15) is 0 Å². The molecule has 0 aromatic carbocycles. The normalized spacial score (nSPS) is 10.2. The van der Waals surface area contributed by atoms with Crippen LogP contribution < -0.4 is 5.32 Å². The van der Waals surface area contributed by atoms with E-state index in [0.717, 1.165) is 5.69 Å². The minimum Gasteiger partial charge on any atom is -0.297 e. The Bertz CT molecular complexity index is 572. The van der Waals surface area contributed by atoms with E-state index in [2.05, 4.69) is 10.3 Å². The third-order valence-corrected chi connectivity index (χ3v) is 4.08. The highest BCUT2D eigenvalue weighted by Crippen LogP contribution is 2.20. The van der Waals surface area contributed by atoms with Crippen molar-refractivity contribution in [1.29, 1.82) is 0 Å². The Morgan fingerprint density at radius 3 is 2.53 bits per heavy atom. The number of aromatic nitrogens is 1. The second-order valence-electron chi connectivity index (χ2n) is 3.47. The number of nitrogens with one attached hydrogen (secondary N) is 1. The van der Waals surface area contributed by atoms with Gasteiger partial charge in [0.05, 0.1) is 15.4 Å². The summed E-state index contributed by atoms with van der Waals surface area (Å²) >= 11 is 2.57. The summed E-state index contributed by atoms with van der Waals surface area (Å²) in [5, 5.41) is 5.14. The van der Waals surface area contributed by atoms with Crippen LogP contribution in [0.2, 0.25) is 0 Å². The average Bonchev–Trinajstić information content (AvgIpc) is 2.86. The van der Waals surface area contributed by atoms with Crippen molar-refractivity contribution in [3.05, 3.63) is 33.0 Å². The zero-order chi connectivity index (χ0) is 12.4. The molecule has 0 aliphatic rings. The number of thiazole rings is 1. The van der Waals surface area contributed by atoms with E-state index in [1.165, 1.54) is 29.6 Å². The van der Waals surface area contributed by atoms with E-state index in [1.54, 1.807) is 12.1 Å². The number of aryl methyl sites for hydroxylation is 1. The number of carbonyl (C=O) groups excluding carboxylic acids is 2. The molecule has 17 heavy (non-hydrogen) atoms. The van der Waals surface area contributed by atoms with Crippen LogP contribution in [0.25, 0.3) is 0 Å². The van der Waals surface area contributed by atoms with Crippen LogP contribution in [0.5, 0.6) is 0 Å². The zero-order valence-electron chi connectivity index (χ0n) is 9.31. The van der Waals surface area contributed by atoms with Gasteiger partial charge in [-0.25, -0.2) is 4.98 Å². The Hall–Kier alpha value is -1.53.